The average molecular weight is 264 g/mol. The Kier molecular flexibility index (Phi) is 3.80. The molecule has 6 heteroatoms. The first-order chi connectivity index (χ1) is 6.11. The van der Waals surface area contributed by atoms with Gasteiger partial charge in [0.25, 0.3) is 5.91 Å². The Morgan fingerprint density at radius 3 is 2.92 bits per heavy atom. The van der Waals surface area contributed by atoms with Gasteiger partial charge >= 0.3 is 0 Å². The second kappa shape index (κ2) is 4.66. The van der Waals surface area contributed by atoms with Crippen LogP contribution >= 0.6 is 27.5 Å². The van der Waals surface area contributed by atoms with E-state index >= 15 is 0 Å². The standard InChI is InChI=1S/C7H10BrN3OS/c1-4(8)3-9-7(12)6-5(2)10-11-13-6/h4H,3H2,1-2H3,(H,9,12). The monoisotopic (exact) mass is 263 g/mol. The second-order valence-electron chi connectivity index (χ2n) is 2.68. The van der Waals surface area contributed by atoms with Crippen molar-refractivity contribution < 1.29 is 4.79 Å². The van der Waals surface area contributed by atoms with Crippen molar-refractivity contribution in [3.8, 4) is 0 Å². The van der Waals surface area contributed by atoms with Crippen molar-refractivity contribution in [1.29, 1.82) is 0 Å². The van der Waals surface area contributed by atoms with E-state index in [1.165, 1.54) is 0 Å². The van der Waals surface area contributed by atoms with Gasteiger partial charge < -0.3 is 5.32 Å². The van der Waals surface area contributed by atoms with Crippen molar-refractivity contribution in [2.45, 2.75) is 18.7 Å². The van der Waals surface area contributed by atoms with Crippen LogP contribution in [0, 0.1) is 6.92 Å². The SMILES string of the molecule is Cc1nnsc1C(=O)NCC(C)Br. The molecule has 0 bridgehead atoms. The number of carbonyl (C=O) groups excluding carboxylic acids is 1. The number of rotatable bonds is 3. The quantitative estimate of drug-likeness (QED) is 0.839. The highest BCUT2D eigenvalue weighted by Crippen LogP contribution is 2.08. The van der Waals surface area contributed by atoms with Gasteiger partial charge in [0, 0.05) is 11.4 Å². The minimum Gasteiger partial charge on any atom is -0.350 e. The summed E-state index contributed by atoms with van der Waals surface area (Å²) in [6, 6.07) is 0. The molecule has 0 saturated carbocycles. The molecule has 4 nitrogen and oxygen atoms in total. The Bertz CT molecular complexity index is 300. The van der Waals surface area contributed by atoms with Gasteiger partial charge in [0.1, 0.15) is 4.88 Å². The van der Waals surface area contributed by atoms with E-state index < -0.39 is 0 Å². The highest BCUT2D eigenvalue weighted by atomic mass is 79.9. The lowest BCUT2D eigenvalue weighted by atomic mass is 10.3. The molecular formula is C7H10BrN3OS. The molecule has 1 rings (SSSR count). The van der Waals surface area contributed by atoms with Crippen LogP contribution in [0.5, 0.6) is 0 Å². The fourth-order valence-corrected chi connectivity index (χ4v) is 1.49. The number of amides is 1. The molecule has 1 heterocycles. The van der Waals surface area contributed by atoms with Crippen LogP contribution in [0.1, 0.15) is 22.3 Å². The first-order valence-corrected chi connectivity index (χ1v) is 5.51. The van der Waals surface area contributed by atoms with Crippen LogP contribution in [0.15, 0.2) is 0 Å². The highest BCUT2D eigenvalue weighted by molar-refractivity contribution is 9.09. The molecule has 0 aliphatic carbocycles. The maximum atomic E-state index is 11.4. The fourth-order valence-electron chi connectivity index (χ4n) is 0.753. The number of halogens is 1. The normalized spacial score (nSPS) is 12.5. The van der Waals surface area contributed by atoms with E-state index in [2.05, 4.69) is 30.8 Å². The Labute approximate surface area is 89.0 Å². The van der Waals surface area contributed by atoms with Crippen molar-refractivity contribution in [3.05, 3.63) is 10.6 Å². The van der Waals surface area contributed by atoms with Crippen LogP contribution in [-0.2, 0) is 0 Å². The number of aromatic nitrogens is 2. The zero-order valence-corrected chi connectivity index (χ0v) is 9.78. The summed E-state index contributed by atoms with van der Waals surface area (Å²) in [5, 5.41) is 6.53. The summed E-state index contributed by atoms with van der Waals surface area (Å²) >= 11 is 4.46. The number of alkyl halides is 1. The van der Waals surface area contributed by atoms with Crippen molar-refractivity contribution in [2.75, 3.05) is 6.54 Å². The predicted molar refractivity (Wildman–Crippen MR) is 55.4 cm³/mol. The van der Waals surface area contributed by atoms with E-state index in [-0.39, 0.29) is 10.7 Å². The third-order valence-corrected chi connectivity index (χ3v) is 2.55. The summed E-state index contributed by atoms with van der Waals surface area (Å²) in [6.07, 6.45) is 0. The van der Waals surface area contributed by atoms with E-state index in [9.17, 15) is 4.79 Å². The zero-order valence-electron chi connectivity index (χ0n) is 7.37. The topological polar surface area (TPSA) is 54.9 Å². The van der Waals surface area contributed by atoms with Gasteiger partial charge in [0.05, 0.1) is 5.69 Å². The first-order valence-electron chi connectivity index (χ1n) is 3.82. The summed E-state index contributed by atoms with van der Waals surface area (Å²) in [4.78, 5) is 12.3. The summed E-state index contributed by atoms with van der Waals surface area (Å²) < 4.78 is 3.69. The minimum atomic E-state index is -0.0983. The molecule has 1 aromatic heterocycles. The van der Waals surface area contributed by atoms with Gasteiger partial charge in [0.15, 0.2) is 0 Å². The largest absolute Gasteiger partial charge is 0.350 e. The number of carbonyl (C=O) groups is 1. The van der Waals surface area contributed by atoms with E-state index in [0.717, 1.165) is 11.5 Å². The molecule has 0 aliphatic heterocycles. The first kappa shape index (κ1) is 10.6. The molecule has 0 fully saturated rings. The van der Waals surface area contributed by atoms with Gasteiger partial charge in [-0.2, -0.15) is 0 Å². The van der Waals surface area contributed by atoms with E-state index in [1.807, 2.05) is 6.92 Å². The summed E-state index contributed by atoms with van der Waals surface area (Å²) in [6.45, 7) is 4.35. The predicted octanol–water partition coefficient (Wildman–Crippen LogP) is 1.36. The molecule has 72 valence electrons. The minimum absolute atomic E-state index is 0.0983. The lowest BCUT2D eigenvalue weighted by Crippen LogP contribution is -2.28. The number of aryl methyl sites for hydroxylation is 1. The van der Waals surface area contributed by atoms with Crippen LogP contribution in [0.25, 0.3) is 0 Å². The fraction of sp³-hybridized carbons (Fsp3) is 0.571. The average Bonchev–Trinajstić information content (AvgIpc) is 2.47. The number of nitrogens with zero attached hydrogens (tertiary/aromatic N) is 2. The van der Waals surface area contributed by atoms with E-state index in [0.29, 0.717) is 17.1 Å². The molecule has 0 aliphatic rings. The Morgan fingerprint density at radius 2 is 2.46 bits per heavy atom. The molecule has 0 radical (unpaired) electrons. The van der Waals surface area contributed by atoms with Gasteiger partial charge in [-0.25, -0.2) is 0 Å². The van der Waals surface area contributed by atoms with Crippen molar-refractivity contribution in [1.82, 2.24) is 14.9 Å². The second-order valence-corrected chi connectivity index (χ2v) is 5.00. The molecular weight excluding hydrogens is 254 g/mol. The molecule has 1 atom stereocenters. The van der Waals surface area contributed by atoms with E-state index in [4.69, 9.17) is 0 Å². The Morgan fingerprint density at radius 1 is 1.77 bits per heavy atom. The van der Waals surface area contributed by atoms with Crippen LogP contribution < -0.4 is 5.32 Å². The van der Waals surface area contributed by atoms with Gasteiger partial charge in [-0.1, -0.05) is 27.3 Å². The van der Waals surface area contributed by atoms with Crippen LogP contribution in [-0.4, -0.2) is 26.9 Å². The van der Waals surface area contributed by atoms with Gasteiger partial charge in [0.2, 0.25) is 0 Å². The Balaban J connectivity index is 2.54. The number of hydrogen-bond donors (Lipinski definition) is 1. The summed E-state index contributed by atoms with van der Waals surface area (Å²) in [5.41, 5.74) is 0.685. The van der Waals surface area contributed by atoms with Crippen molar-refractivity contribution in [2.24, 2.45) is 0 Å². The van der Waals surface area contributed by atoms with Crippen molar-refractivity contribution in [3.63, 3.8) is 0 Å². The van der Waals surface area contributed by atoms with Gasteiger partial charge in [-0.15, -0.1) is 5.10 Å². The maximum Gasteiger partial charge on any atom is 0.264 e. The zero-order chi connectivity index (χ0) is 9.84. The van der Waals surface area contributed by atoms with Crippen LogP contribution in [0.2, 0.25) is 0 Å². The molecule has 1 amide bonds. The molecule has 1 aromatic rings. The smallest absolute Gasteiger partial charge is 0.264 e. The summed E-state index contributed by atoms with van der Waals surface area (Å²) in [5.74, 6) is -0.0983. The molecule has 0 spiro atoms. The molecule has 0 aromatic carbocycles. The maximum absolute atomic E-state index is 11.4. The molecule has 13 heavy (non-hydrogen) atoms. The lowest BCUT2D eigenvalue weighted by molar-refractivity contribution is 0.0957. The number of nitrogens with one attached hydrogen (secondary N) is 1. The summed E-state index contributed by atoms with van der Waals surface area (Å²) in [7, 11) is 0. The molecule has 1 unspecified atom stereocenters. The third kappa shape index (κ3) is 3.04. The van der Waals surface area contributed by atoms with E-state index in [1.54, 1.807) is 6.92 Å². The lowest BCUT2D eigenvalue weighted by Gasteiger charge is -2.04. The molecule has 1 N–H and O–H groups in total. The molecule has 0 saturated heterocycles. The van der Waals surface area contributed by atoms with Crippen molar-refractivity contribution >= 4 is 33.4 Å². The van der Waals surface area contributed by atoms with Gasteiger partial charge in [-0.3, -0.25) is 4.79 Å². The van der Waals surface area contributed by atoms with Crippen LogP contribution in [0.4, 0.5) is 0 Å². The Hall–Kier alpha value is -0.490. The number of hydrogen-bond acceptors (Lipinski definition) is 4. The third-order valence-electron chi connectivity index (χ3n) is 1.40. The van der Waals surface area contributed by atoms with Crippen LogP contribution in [0.3, 0.4) is 0 Å². The van der Waals surface area contributed by atoms with Gasteiger partial charge in [-0.05, 0) is 18.5 Å². The highest BCUT2D eigenvalue weighted by Gasteiger charge is 2.12.